The molecule has 2 aromatic heterocycles. The predicted octanol–water partition coefficient (Wildman–Crippen LogP) is 4.12. The van der Waals surface area contributed by atoms with Crippen LogP contribution in [-0.2, 0) is 12.0 Å². The van der Waals surface area contributed by atoms with Crippen molar-refractivity contribution in [2.75, 3.05) is 13.1 Å². The lowest BCUT2D eigenvalue weighted by atomic mass is 9.81. The van der Waals surface area contributed by atoms with Crippen molar-refractivity contribution < 1.29 is 0 Å². The van der Waals surface area contributed by atoms with E-state index in [1.54, 1.807) is 28.9 Å². The summed E-state index contributed by atoms with van der Waals surface area (Å²) in [5.74, 6) is 0. The minimum atomic E-state index is 0.192. The van der Waals surface area contributed by atoms with Crippen LogP contribution in [0.4, 0.5) is 0 Å². The number of aryl methyl sites for hydroxylation is 1. The van der Waals surface area contributed by atoms with E-state index in [9.17, 15) is 0 Å². The van der Waals surface area contributed by atoms with E-state index in [4.69, 9.17) is 11.6 Å². The number of halogens is 1. The summed E-state index contributed by atoms with van der Waals surface area (Å²) in [4.78, 5) is 12.7. The van der Waals surface area contributed by atoms with Crippen molar-refractivity contribution in [2.24, 2.45) is 0 Å². The van der Waals surface area contributed by atoms with Gasteiger partial charge in [-0.1, -0.05) is 18.5 Å². The first kappa shape index (κ1) is 14.4. The maximum absolute atomic E-state index is 6.02. The van der Waals surface area contributed by atoms with Gasteiger partial charge in [-0.25, -0.2) is 9.97 Å². The number of rotatable bonds is 3. The smallest absolute Gasteiger partial charge is 0.113 e. The summed E-state index contributed by atoms with van der Waals surface area (Å²) in [6.07, 6.45) is 4.07. The topological polar surface area (TPSA) is 29.0 Å². The second-order valence-electron chi connectivity index (χ2n) is 5.67. The third kappa shape index (κ3) is 2.91. The molecule has 6 heteroatoms. The van der Waals surface area contributed by atoms with E-state index < -0.39 is 0 Å². The highest BCUT2D eigenvalue weighted by atomic mass is 35.5. The Morgan fingerprint density at radius 2 is 2.10 bits per heavy atom. The van der Waals surface area contributed by atoms with Gasteiger partial charge in [0, 0.05) is 16.8 Å². The molecule has 0 N–H and O–H groups in total. The zero-order valence-corrected chi connectivity index (χ0v) is 14.1. The molecular formula is C14H18ClN3S2. The molecule has 3 nitrogen and oxygen atoms in total. The largest absolute Gasteiger partial charge is 0.298 e. The molecule has 0 spiro atoms. The van der Waals surface area contributed by atoms with E-state index in [0.717, 1.165) is 36.8 Å². The monoisotopic (exact) mass is 327 g/mol. The number of aromatic nitrogens is 2. The summed E-state index contributed by atoms with van der Waals surface area (Å²) in [5.41, 5.74) is 3.31. The van der Waals surface area contributed by atoms with Crippen LogP contribution in [0.25, 0.3) is 0 Å². The lowest BCUT2D eigenvalue weighted by Crippen LogP contribution is -2.40. The van der Waals surface area contributed by atoms with Crippen LogP contribution in [-0.4, -0.2) is 28.0 Å². The number of nitrogens with zero attached hydrogens (tertiary/aromatic N) is 3. The molecule has 1 fully saturated rings. The third-order valence-electron chi connectivity index (χ3n) is 4.17. The molecule has 0 amide bonds. The summed E-state index contributed by atoms with van der Waals surface area (Å²) in [7, 11) is 0. The number of piperidine rings is 1. The molecule has 2 aromatic rings. The fourth-order valence-electron chi connectivity index (χ4n) is 2.63. The zero-order valence-electron chi connectivity index (χ0n) is 11.7. The number of thiazole rings is 2. The molecule has 1 aliphatic rings. The molecule has 0 saturated carbocycles. The van der Waals surface area contributed by atoms with Crippen LogP contribution >= 0.6 is 34.3 Å². The van der Waals surface area contributed by atoms with Crippen LogP contribution in [0.15, 0.2) is 11.7 Å². The highest BCUT2D eigenvalue weighted by Gasteiger charge is 2.34. The molecule has 0 aliphatic carbocycles. The van der Waals surface area contributed by atoms with Gasteiger partial charge in [-0.15, -0.1) is 22.7 Å². The molecule has 0 aromatic carbocycles. The molecule has 0 atom stereocenters. The van der Waals surface area contributed by atoms with Gasteiger partial charge in [-0.05, 0) is 32.9 Å². The number of hydrogen-bond acceptors (Lipinski definition) is 5. The van der Waals surface area contributed by atoms with Gasteiger partial charge in [0.05, 0.1) is 22.4 Å². The van der Waals surface area contributed by atoms with Crippen LogP contribution in [0.2, 0.25) is 4.34 Å². The van der Waals surface area contributed by atoms with Gasteiger partial charge < -0.3 is 0 Å². The Bertz CT molecular complexity index is 585. The number of hydrogen-bond donors (Lipinski definition) is 0. The van der Waals surface area contributed by atoms with Crippen molar-refractivity contribution in [1.82, 2.24) is 14.9 Å². The molecule has 1 aliphatic heterocycles. The molecule has 3 heterocycles. The van der Waals surface area contributed by atoms with Crippen molar-refractivity contribution in [3.8, 4) is 0 Å². The van der Waals surface area contributed by atoms with Crippen molar-refractivity contribution >= 4 is 34.3 Å². The molecule has 108 valence electrons. The van der Waals surface area contributed by atoms with Gasteiger partial charge in [-0.2, -0.15) is 0 Å². The van der Waals surface area contributed by atoms with E-state index in [1.165, 1.54) is 15.6 Å². The molecule has 3 rings (SSSR count). The van der Waals surface area contributed by atoms with Gasteiger partial charge in [-0.3, -0.25) is 4.90 Å². The molecule has 0 bridgehead atoms. The quantitative estimate of drug-likeness (QED) is 0.849. The van der Waals surface area contributed by atoms with E-state index in [-0.39, 0.29) is 5.41 Å². The van der Waals surface area contributed by atoms with Gasteiger partial charge in [0.15, 0.2) is 0 Å². The lowest BCUT2D eigenvalue weighted by molar-refractivity contribution is 0.163. The van der Waals surface area contributed by atoms with E-state index in [1.807, 2.05) is 5.51 Å². The van der Waals surface area contributed by atoms with Crippen molar-refractivity contribution in [3.05, 3.63) is 31.6 Å². The fourth-order valence-corrected chi connectivity index (χ4v) is 4.57. The Kier molecular flexibility index (Phi) is 4.13. The highest BCUT2D eigenvalue weighted by molar-refractivity contribution is 7.15. The summed E-state index contributed by atoms with van der Waals surface area (Å²) >= 11 is 9.41. The van der Waals surface area contributed by atoms with Gasteiger partial charge in [0.1, 0.15) is 4.34 Å². The molecule has 1 saturated heterocycles. The Hall–Kier alpha value is -0.490. The van der Waals surface area contributed by atoms with Crippen LogP contribution < -0.4 is 0 Å². The summed E-state index contributed by atoms with van der Waals surface area (Å²) in [6, 6.07) is 0. The summed E-state index contributed by atoms with van der Waals surface area (Å²) in [6.45, 7) is 7.68. The van der Waals surface area contributed by atoms with Gasteiger partial charge >= 0.3 is 0 Å². The molecule has 0 radical (unpaired) electrons. The second-order valence-corrected chi connectivity index (χ2v) is 8.27. The average molecular weight is 328 g/mol. The van der Waals surface area contributed by atoms with E-state index in [2.05, 4.69) is 28.7 Å². The van der Waals surface area contributed by atoms with Crippen LogP contribution in [0.3, 0.4) is 0 Å². The maximum Gasteiger partial charge on any atom is 0.113 e. The minimum absolute atomic E-state index is 0.192. The fraction of sp³-hybridized carbons (Fsp3) is 0.571. The van der Waals surface area contributed by atoms with Crippen LogP contribution in [0, 0.1) is 6.92 Å². The van der Waals surface area contributed by atoms with Gasteiger partial charge in [0.2, 0.25) is 0 Å². The van der Waals surface area contributed by atoms with Crippen LogP contribution in [0.1, 0.15) is 35.3 Å². The van der Waals surface area contributed by atoms with Crippen LogP contribution in [0.5, 0.6) is 0 Å². The van der Waals surface area contributed by atoms with Crippen molar-refractivity contribution in [1.29, 1.82) is 0 Å². The SMILES string of the molecule is Cc1ncsc1CN1CCC(C)(c2ncc(Cl)s2)CC1. The number of likely N-dealkylation sites (tertiary alicyclic amines) is 1. The highest BCUT2D eigenvalue weighted by Crippen LogP contribution is 2.38. The molecule has 0 unspecified atom stereocenters. The maximum atomic E-state index is 6.02. The Morgan fingerprint density at radius 1 is 1.35 bits per heavy atom. The first-order valence-corrected chi connectivity index (χ1v) is 8.87. The lowest BCUT2D eigenvalue weighted by Gasteiger charge is -2.38. The Labute approximate surface area is 132 Å². The van der Waals surface area contributed by atoms with Gasteiger partial charge in [0.25, 0.3) is 0 Å². The first-order valence-electron chi connectivity index (χ1n) is 6.80. The third-order valence-corrected chi connectivity index (χ3v) is 6.51. The normalized spacial score (nSPS) is 19.4. The van der Waals surface area contributed by atoms with E-state index >= 15 is 0 Å². The zero-order chi connectivity index (χ0) is 14.2. The first-order chi connectivity index (χ1) is 9.57. The summed E-state index contributed by atoms with van der Waals surface area (Å²) in [5, 5.41) is 1.19. The standard InChI is InChI=1S/C14H18ClN3S2/c1-10-11(19-9-17-10)8-18-5-3-14(2,4-6-18)13-16-7-12(15)20-13/h7,9H,3-6,8H2,1-2H3. The van der Waals surface area contributed by atoms with Crippen molar-refractivity contribution in [2.45, 2.75) is 38.6 Å². The summed E-state index contributed by atoms with van der Waals surface area (Å²) < 4.78 is 0.795. The molecular weight excluding hydrogens is 310 g/mol. The average Bonchev–Trinajstić information content (AvgIpc) is 3.03. The Balaban J connectivity index is 1.63. The predicted molar refractivity (Wildman–Crippen MR) is 85.8 cm³/mol. The Morgan fingerprint density at radius 3 is 2.65 bits per heavy atom. The van der Waals surface area contributed by atoms with Crippen molar-refractivity contribution in [3.63, 3.8) is 0 Å². The van der Waals surface area contributed by atoms with E-state index in [0.29, 0.717) is 0 Å². The molecule has 20 heavy (non-hydrogen) atoms. The second kappa shape index (κ2) is 5.72. The minimum Gasteiger partial charge on any atom is -0.298 e.